The van der Waals surface area contributed by atoms with Gasteiger partial charge in [-0.3, -0.25) is 5.10 Å². The normalized spacial score (nSPS) is 25.9. The third-order valence-electron chi connectivity index (χ3n) is 3.66. The lowest BCUT2D eigenvalue weighted by molar-refractivity contribution is 0.307. The van der Waals surface area contributed by atoms with Crippen molar-refractivity contribution in [3.63, 3.8) is 0 Å². The zero-order valence-electron chi connectivity index (χ0n) is 10.1. The molecule has 0 aliphatic heterocycles. The van der Waals surface area contributed by atoms with Crippen LogP contribution in [0.5, 0.6) is 0 Å². The Morgan fingerprint density at radius 2 is 2.31 bits per heavy atom. The highest BCUT2D eigenvalue weighted by molar-refractivity contribution is 5.00. The van der Waals surface area contributed by atoms with Gasteiger partial charge in [0.25, 0.3) is 0 Å². The maximum Gasteiger partial charge on any atom is 0.153 e. The summed E-state index contributed by atoms with van der Waals surface area (Å²) in [6.45, 7) is 2.92. The molecule has 2 unspecified atom stereocenters. The first-order chi connectivity index (χ1) is 7.83. The van der Waals surface area contributed by atoms with E-state index in [4.69, 9.17) is 5.73 Å². The smallest absolute Gasteiger partial charge is 0.153 e. The van der Waals surface area contributed by atoms with Crippen LogP contribution >= 0.6 is 0 Å². The second kappa shape index (κ2) is 5.43. The van der Waals surface area contributed by atoms with E-state index in [0.717, 1.165) is 24.0 Å². The van der Waals surface area contributed by atoms with Gasteiger partial charge in [0.2, 0.25) is 0 Å². The minimum absolute atomic E-state index is 0.571. The summed E-state index contributed by atoms with van der Waals surface area (Å²) in [6, 6.07) is 0. The zero-order chi connectivity index (χ0) is 11.4. The monoisotopic (exact) mass is 222 g/mol. The van der Waals surface area contributed by atoms with Crippen LogP contribution in [0.25, 0.3) is 0 Å². The molecule has 4 heteroatoms. The van der Waals surface area contributed by atoms with E-state index >= 15 is 0 Å². The van der Waals surface area contributed by atoms with Crippen LogP contribution in [0.1, 0.15) is 56.6 Å². The van der Waals surface area contributed by atoms with Crippen LogP contribution in [0, 0.1) is 5.92 Å². The summed E-state index contributed by atoms with van der Waals surface area (Å²) >= 11 is 0. The van der Waals surface area contributed by atoms with Gasteiger partial charge in [-0.2, -0.15) is 5.10 Å². The van der Waals surface area contributed by atoms with Gasteiger partial charge < -0.3 is 5.73 Å². The molecule has 1 aliphatic rings. The van der Waals surface area contributed by atoms with Crippen molar-refractivity contribution in [3.8, 4) is 0 Å². The number of H-pyrrole nitrogens is 1. The van der Waals surface area contributed by atoms with Crippen molar-refractivity contribution in [1.82, 2.24) is 15.2 Å². The van der Waals surface area contributed by atoms with Crippen LogP contribution in [0.4, 0.5) is 0 Å². The Morgan fingerprint density at radius 3 is 3.06 bits per heavy atom. The predicted octanol–water partition coefficient (Wildman–Crippen LogP) is 1.99. The van der Waals surface area contributed by atoms with E-state index in [2.05, 4.69) is 22.1 Å². The summed E-state index contributed by atoms with van der Waals surface area (Å²) in [5.74, 6) is 3.40. The molecule has 0 saturated heterocycles. The minimum Gasteiger partial charge on any atom is -0.330 e. The number of nitrogens with zero attached hydrogens (tertiary/aromatic N) is 2. The molecule has 1 fully saturated rings. The highest BCUT2D eigenvalue weighted by atomic mass is 15.2. The summed E-state index contributed by atoms with van der Waals surface area (Å²) in [4.78, 5) is 4.55. The molecule has 0 aromatic carbocycles. The molecule has 90 valence electrons. The average Bonchev–Trinajstić information content (AvgIpc) is 2.78. The first-order valence-corrected chi connectivity index (χ1v) is 6.44. The van der Waals surface area contributed by atoms with Crippen molar-refractivity contribution in [3.05, 3.63) is 11.6 Å². The van der Waals surface area contributed by atoms with E-state index in [1.165, 1.54) is 32.1 Å². The Balaban J connectivity index is 1.99. The van der Waals surface area contributed by atoms with Gasteiger partial charge in [-0.15, -0.1) is 0 Å². The largest absolute Gasteiger partial charge is 0.330 e. The molecule has 0 amide bonds. The van der Waals surface area contributed by atoms with Gasteiger partial charge in [0.1, 0.15) is 5.82 Å². The molecular weight excluding hydrogens is 200 g/mol. The van der Waals surface area contributed by atoms with Crippen molar-refractivity contribution in [2.24, 2.45) is 11.7 Å². The highest BCUT2D eigenvalue weighted by Crippen LogP contribution is 2.35. The van der Waals surface area contributed by atoms with E-state index in [9.17, 15) is 0 Å². The highest BCUT2D eigenvalue weighted by Gasteiger charge is 2.24. The van der Waals surface area contributed by atoms with Crippen LogP contribution in [0.15, 0.2) is 0 Å². The van der Waals surface area contributed by atoms with Crippen molar-refractivity contribution in [2.75, 3.05) is 6.54 Å². The van der Waals surface area contributed by atoms with E-state index < -0.39 is 0 Å². The predicted molar refractivity (Wildman–Crippen MR) is 64.1 cm³/mol. The molecule has 0 bridgehead atoms. The SMILES string of the molecule is CCC1CCCC(c2n[nH]c(CCN)n2)C1. The number of hydrogen-bond donors (Lipinski definition) is 2. The fourth-order valence-corrected chi connectivity index (χ4v) is 2.64. The Kier molecular flexibility index (Phi) is 3.93. The Hall–Kier alpha value is -0.900. The van der Waals surface area contributed by atoms with E-state index in [1.807, 2.05) is 0 Å². The molecule has 16 heavy (non-hydrogen) atoms. The third-order valence-corrected chi connectivity index (χ3v) is 3.66. The molecule has 0 spiro atoms. The van der Waals surface area contributed by atoms with Gasteiger partial charge in [-0.25, -0.2) is 4.98 Å². The number of aromatic amines is 1. The maximum atomic E-state index is 5.50. The molecule has 1 saturated carbocycles. The van der Waals surface area contributed by atoms with Crippen LogP contribution < -0.4 is 5.73 Å². The Morgan fingerprint density at radius 1 is 1.44 bits per heavy atom. The standard InChI is InChI=1S/C12H22N4/c1-2-9-4-3-5-10(8-9)12-14-11(6-7-13)15-16-12/h9-10H,2-8,13H2,1H3,(H,14,15,16). The fraction of sp³-hybridized carbons (Fsp3) is 0.833. The summed E-state index contributed by atoms with van der Waals surface area (Å²) in [7, 11) is 0. The van der Waals surface area contributed by atoms with Gasteiger partial charge in [-0.05, 0) is 25.3 Å². The Labute approximate surface area is 97.0 Å². The van der Waals surface area contributed by atoms with Crippen LogP contribution in [0.3, 0.4) is 0 Å². The van der Waals surface area contributed by atoms with Crippen molar-refractivity contribution in [1.29, 1.82) is 0 Å². The van der Waals surface area contributed by atoms with Crippen molar-refractivity contribution in [2.45, 2.75) is 51.4 Å². The van der Waals surface area contributed by atoms with Gasteiger partial charge in [0, 0.05) is 12.3 Å². The lowest BCUT2D eigenvalue weighted by atomic mass is 9.80. The topological polar surface area (TPSA) is 67.6 Å². The Bertz CT molecular complexity index is 321. The molecule has 0 radical (unpaired) electrons. The first kappa shape index (κ1) is 11.6. The number of nitrogens with two attached hydrogens (primary N) is 1. The number of nitrogens with one attached hydrogen (secondary N) is 1. The van der Waals surface area contributed by atoms with E-state index in [0.29, 0.717) is 12.5 Å². The fourth-order valence-electron chi connectivity index (χ4n) is 2.64. The molecule has 1 aromatic rings. The summed E-state index contributed by atoms with van der Waals surface area (Å²) in [5.41, 5.74) is 5.50. The summed E-state index contributed by atoms with van der Waals surface area (Å²) < 4.78 is 0. The number of rotatable bonds is 4. The molecule has 2 atom stereocenters. The van der Waals surface area contributed by atoms with Gasteiger partial charge in [0.05, 0.1) is 0 Å². The molecule has 1 aromatic heterocycles. The number of aromatic nitrogens is 3. The first-order valence-electron chi connectivity index (χ1n) is 6.44. The number of hydrogen-bond acceptors (Lipinski definition) is 3. The molecule has 4 nitrogen and oxygen atoms in total. The summed E-state index contributed by atoms with van der Waals surface area (Å²) in [6.07, 6.45) is 7.30. The zero-order valence-corrected chi connectivity index (χ0v) is 10.1. The molecule has 1 aliphatic carbocycles. The molecular formula is C12H22N4. The van der Waals surface area contributed by atoms with Crippen molar-refractivity contribution < 1.29 is 0 Å². The van der Waals surface area contributed by atoms with E-state index in [-0.39, 0.29) is 0 Å². The van der Waals surface area contributed by atoms with Crippen LogP contribution in [-0.4, -0.2) is 21.7 Å². The lowest BCUT2D eigenvalue weighted by Crippen LogP contribution is -2.14. The molecule has 3 N–H and O–H groups in total. The van der Waals surface area contributed by atoms with Gasteiger partial charge in [0.15, 0.2) is 5.82 Å². The minimum atomic E-state index is 0.571. The van der Waals surface area contributed by atoms with Crippen LogP contribution in [0.2, 0.25) is 0 Å². The second-order valence-electron chi connectivity index (χ2n) is 4.82. The lowest BCUT2D eigenvalue weighted by Gasteiger charge is -2.26. The quantitative estimate of drug-likeness (QED) is 0.818. The maximum absolute atomic E-state index is 5.50. The van der Waals surface area contributed by atoms with Gasteiger partial charge >= 0.3 is 0 Å². The van der Waals surface area contributed by atoms with Gasteiger partial charge in [-0.1, -0.05) is 26.2 Å². The molecule has 2 rings (SSSR count). The third kappa shape index (κ3) is 2.61. The van der Waals surface area contributed by atoms with Crippen LogP contribution in [-0.2, 0) is 6.42 Å². The van der Waals surface area contributed by atoms with Crippen molar-refractivity contribution >= 4 is 0 Å². The average molecular weight is 222 g/mol. The second-order valence-corrected chi connectivity index (χ2v) is 4.82. The van der Waals surface area contributed by atoms with E-state index in [1.54, 1.807) is 0 Å². The summed E-state index contributed by atoms with van der Waals surface area (Å²) in [5, 5.41) is 7.33. The molecule has 1 heterocycles.